The van der Waals surface area contributed by atoms with E-state index in [1.54, 1.807) is 6.07 Å². The SMILES string of the molecule is Cc1ccc(Br)c(NC(CN)c2ccc(F)cc2Br)c1. The highest BCUT2D eigenvalue weighted by Crippen LogP contribution is 2.30. The van der Waals surface area contributed by atoms with E-state index in [0.29, 0.717) is 11.0 Å². The number of anilines is 1. The van der Waals surface area contributed by atoms with Gasteiger partial charge in [-0.3, -0.25) is 0 Å². The lowest BCUT2D eigenvalue weighted by atomic mass is 10.1. The van der Waals surface area contributed by atoms with Crippen LogP contribution in [-0.2, 0) is 0 Å². The van der Waals surface area contributed by atoms with Gasteiger partial charge in [-0.25, -0.2) is 4.39 Å². The third-order valence-electron chi connectivity index (χ3n) is 3.03. The Balaban J connectivity index is 2.31. The Bertz CT molecular complexity index is 617. The second-order valence-electron chi connectivity index (χ2n) is 4.58. The van der Waals surface area contributed by atoms with Gasteiger partial charge in [-0.05, 0) is 58.2 Å². The number of rotatable bonds is 4. The van der Waals surface area contributed by atoms with E-state index >= 15 is 0 Å². The number of nitrogens with two attached hydrogens (primary N) is 1. The predicted molar refractivity (Wildman–Crippen MR) is 88.4 cm³/mol. The lowest BCUT2D eigenvalue weighted by molar-refractivity contribution is 0.624. The first kappa shape index (κ1) is 15.5. The molecule has 1 atom stereocenters. The number of hydrogen-bond acceptors (Lipinski definition) is 2. The van der Waals surface area contributed by atoms with E-state index in [-0.39, 0.29) is 11.9 Å². The van der Waals surface area contributed by atoms with E-state index in [2.05, 4.69) is 37.2 Å². The van der Waals surface area contributed by atoms with Crippen LogP contribution in [-0.4, -0.2) is 6.54 Å². The van der Waals surface area contributed by atoms with Gasteiger partial charge in [-0.2, -0.15) is 0 Å². The Morgan fingerprint density at radius 3 is 2.55 bits per heavy atom. The van der Waals surface area contributed by atoms with Crippen molar-refractivity contribution in [3.05, 3.63) is 62.3 Å². The molecular formula is C15H15Br2FN2. The maximum absolute atomic E-state index is 13.2. The number of benzene rings is 2. The molecule has 0 amide bonds. The van der Waals surface area contributed by atoms with Crippen molar-refractivity contribution in [1.29, 1.82) is 0 Å². The van der Waals surface area contributed by atoms with Crippen LogP contribution in [0.3, 0.4) is 0 Å². The fraction of sp³-hybridized carbons (Fsp3) is 0.200. The Hall–Kier alpha value is -0.910. The summed E-state index contributed by atoms with van der Waals surface area (Å²) in [6.07, 6.45) is 0. The van der Waals surface area contributed by atoms with Gasteiger partial charge in [0.15, 0.2) is 0 Å². The average Bonchev–Trinajstić information content (AvgIpc) is 2.40. The summed E-state index contributed by atoms with van der Waals surface area (Å²) >= 11 is 6.90. The lowest BCUT2D eigenvalue weighted by Crippen LogP contribution is -2.21. The van der Waals surface area contributed by atoms with E-state index in [1.165, 1.54) is 12.1 Å². The van der Waals surface area contributed by atoms with Gasteiger partial charge >= 0.3 is 0 Å². The van der Waals surface area contributed by atoms with Gasteiger partial charge in [0.05, 0.1) is 6.04 Å². The number of halogens is 3. The number of hydrogen-bond donors (Lipinski definition) is 2. The molecule has 1 unspecified atom stereocenters. The normalized spacial score (nSPS) is 12.2. The van der Waals surface area contributed by atoms with Gasteiger partial charge in [-0.1, -0.05) is 28.1 Å². The van der Waals surface area contributed by atoms with Crippen molar-refractivity contribution in [2.24, 2.45) is 5.73 Å². The molecule has 0 aliphatic heterocycles. The summed E-state index contributed by atoms with van der Waals surface area (Å²) in [7, 11) is 0. The van der Waals surface area contributed by atoms with Crippen LogP contribution in [0.5, 0.6) is 0 Å². The van der Waals surface area contributed by atoms with Crippen LogP contribution in [0.4, 0.5) is 10.1 Å². The fourth-order valence-corrected chi connectivity index (χ4v) is 2.97. The molecule has 0 aromatic heterocycles. The van der Waals surface area contributed by atoms with Crippen molar-refractivity contribution in [3.63, 3.8) is 0 Å². The summed E-state index contributed by atoms with van der Waals surface area (Å²) in [4.78, 5) is 0. The molecule has 2 aromatic rings. The monoisotopic (exact) mass is 400 g/mol. The van der Waals surface area contributed by atoms with Gasteiger partial charge in [0.1, 0.15) is 5.82 Å². The highest BCUT2D eigenvalue weighted by molar-refractivity contribution is 9.11. The molecule has 0 heterocycles. The van der Waals surface area contributed by atoms with Crippen molar-refractivity contribution >= 4 is 37.5 Å². The zero-order valence-electron chi connectivity index (χ0n) is 11.0. The maximum Gasteiger partial charge on any atom is 0.124 e. The Morgan fingerprint density at radius 2 is 1.90 bits per heavy atom. The zero-order chi connectivity index (χ0) is 14.7. The van der Waals surface area contributed by atoms with Crippen molar-refractivity contribution in [2.75, 3.05) is 11.9 Å². The lowest BCUT2D eigenvalue weighted by Gasteiger charge is -2.21. The quantitative estimate of drug-likeness (QED) is 0.774. The molecule has 0 saturated carbocycles. The highest BCUT2D eigenvalue weighted by atomic mass is 79.9. The molecule has 0 bridgehead atoms. The minimum absolute atomic E-state index is 0.0944. The molecule has 20 heavy (non-hydrogen) atoms. The molecule has 0 fully saturated rings. The first-order valence-electron chi connectivity index (χ1n) is 6.19. The molecule has 0 aliphatic rings. The molecule has 2 rings (SSSR count). The highest BCUT2D eigenvalue weighted by Gasteiger charge is 2.14. The summed E-state index contributed by atoms with van der Waals surface area (Å²) in [6.45, 7) is 2.44. The van der Waals surface area contributed by atoms with Crippen molar-refractivity contribution in [2.45, 2.75) is 13.0 Å². The van der Waals surface area contributed by atoms with Crippen LogP contribution >= 0.6 is 31.9 Å². The summed E-state index contributed by atoms with van der Waals surface area (Å²) < 4.78 is 14.9. The van der Waals surface area contributed by atoms with Gasteiger partial charge in [0.2, 0.25) is 0 Å². The largest absolute Gasteiger partial charge is 0.376 e. The first-order chi connectivity index (χ1) is 9.51. The minimum atomic E-state index is -0.270. The van der Waals surface area contributed by atoms with Crippen LogP contribution in [0.1, 0.15) is 17.2 Å². The molecule has 2 aromatic carbocycles. The van der Waals surface area contributed by atoms with E-state index < -0.39 is 0 Å². The topological polar surface area (TPSA) is 38.0 Å². The standard InChI is InChI=1S/C15H15Br2FN2/c1-9-2-5-12(16)14(6-9)20-15(8-19)11-4-3-10(18)7-13(11)17/h2-7,15,20H,8,19H2,1H3. The van der Waals surface area contributed by atoms with Crippen LogP contribution in [0.2, 0.25) is 0 Å². The summed E-state index contributed by atoms with van der Waals surface area (Å²) in [5.41, 5.74) is 8.91. The van der Waals surface area contributed by atoms with E-state index in [4.69, 9.17) is 5.73 Å². The molecule has 0 saturated heterocycles. The Kier molecular flexibility index (Phi) is 5.18. The van der Waals surface area contributed by atoms with Crippen LogP contribution in [0.25, 0.3) is 0 Å². The van der Waals surface area contributed by atoms with Crippen molar-refractivity contribution in [1.82, 2.24) is 0 Å². The predicted octanol–water partition coefficient (Wildman–Crippen LogP) is 4.77. The summed E-state index contributed by atoms with van der Waals surface area (Å²) in [5, 5.41) is 3.39. The number of aryl methyl sites for hydroxylation is 1. The van der Waals surface area contributed by atoms with Gasteiger partial charge in [-0.15, -0.1) is 0 Å². The van der Waals surface area contributed by atoms with Crippen LogP contribution in [0.15, 0.2) is 45.3 Å². The Morgan fingerprint density at radius 1 is 1.15 bits per heavy atom. The smallest absolute Gasteiger partial charge is 0.124 e. The van der Waals surface area contributed by atoms with Crippen molar-refractivity contribution < 1.29 is 4.39 Å². The molecule has 0 radical (unpaired) electrons. The third-order valence-corrected chi connectivity index (χ3v) is 4.40. The molecule has 3 N–H and O–H groups in total. The summed E-state index contributed by atoms with van der Waals surface area (Å²) in [5.74, 6) is -0.270. The molecule has 5 heteroatoms. The van der Waals surface area contributed by atoms with E-state index in [9.17, 15) is 4.39 Å². The van der Waals surface area contributed by atoms with Crippen LogP contribution < -0.4 is 11.1 Å². The van der Waals surface area contributed by atoms with E-state index in [1.807, 2.05) is 25.1 Å². The third kappa shape index (κ3) is 3.59. The Labute approximate surface area is 134 Å². The van der Waals surface area contributed by atoms with Crippen molar-refractivity contribution in [3.8, 4) is 0 Å². The van der Waals surface area contributed by atoms with E-state index in [0.717, 1.165) is 21.3 Å². The molecule has 106 valence electrons. The second kappa shape index (κ2) is 6.70. The maximum atomic E-state index is 13.2. The van der Waals surface area contributed by atoms with Gasteiger partial charge < -0.3 is 11.1 Å². The fourth-order valence-electron chi connectivity index (χ4n) is 1.99. The number of nitrogens with one attached hydrogen (secondary N) is 1. The van der Waals surface area contributed by atoms with Gasteiger partial charge in [0.25, 0.3) is 0 Å². The molecule has 0 spiro atoms. The molecular weight excluding hydrogens is 387 g/mol. The summed E-state index contributed by atoms with van der Waals surface area (Å²) in [6, 6.07) is 10.6. The molecule has 2 nitrogen and oxygen atoms in total. The second-order valence-corrected chi connectivity index (χ2v) is 6.29. The average molecular weight is 402 g/mol. The van der Waals surface area contributed by atoms with Crippen LogP contribution in [0, 0.1) is 12.7 Å². The zero-order valence-corrected chi connectivity index (χ0v) is 14.1. The minimum Gasteiger partial charge on any atom is -0.376 e. The first-order valence-corrected chi connectivity index (χ1v) is 7.77. The van der Waals surface area contributed by atoms with Gasteiger partial charge in [0, 0.05) is 21.2 Å². The molecule has 0 aliphatic carbocycles.